The molecule has 1 atom stereocenters. The molecule has 1 aromatic carbocycles. The quantitative estimate of drug-likeness (QED) is 0.625. The fraction of sp³-hybridized carbons (Fsp3) is 0.577. The van der Waals surface area contributed by atoms with Crippen molar-refractivity contribution in [3.8, 4) is 11.3 Å². The predicted molar refractivity (Wildman–Crippen MR) is 126 cm³/mol. The highest BCUT2D eigenvalue weighted by atomic mass is 16.5. The number of benzene rings is 1. The number of amides is 2. The number of nitrogens with zero attached hydrogens (tertiary/aromatic N) is 3. The Kier molecular flexibility index (Phi) is 7.48. The van der Waals surface area contributed by atoms with Crippen LogP contribution in [0, 0.1) is 20.8 Å². The highest BCUT2D eigenvalue weighted by Gasteiger charge is 2.27. The molecule has 3 heterocycles. The summed E-state index contributed by atoms with van der Waals surface area (Å²) in [6.45, 7) is 9.33. The predicted octanol–water partition coefficient (Wildman–Crippen LogP) is 4.29. The maximum Gasteiger partial charge on any atom is 0.276 e. The van der Waals surface area contributed by atoms with E-state index in [1.54, 1.807) is 11.0 Å². The molecule has 0 saturated carbocycles. The third-order valence-corrected chi connectivity index (χ3v) is 6.69. The van der Waals surface area contributed by atoms with E-state index in [1.165, 1.54) is 12.0 Å². The molecule has 0 unspecified atom stereocenters. The van der Waals surface area contributed by atoms with E-state index in [-0.39, 0.29) is 23.6 Å². The molecular formula is C26H35N3O4. The van der Waals surface area contributed by atoms with Crippen LogP contribution in [0.3, 0.4) is 0 Å². The molecule has 0 N–H and O–H groups in total. The molecule has 178 valence electrons. The summed E-state index contributed by atoms with van der Waals surface area (Å²) in [6, 6.07) is 5.92. The topological polar surface area (TPSA) is 75.9 Å². The minimum Gasteiger partial charge on any atom is -0.376 e. The minimum atomic E-state index is -0.214. The lowest BCUT2D eigenvalue weighted by Gasteiger charge is -2.29. The number of likely N-dealkylation sites (tertiary alicyclic amines) is 1. The average Bonchev–Trinajstić information content (AvgIpc) is 3.48. The highest BCUT2D eigenvalue weighted by Crippen LogP contribution is 2.29. The fourth-order valence-electron chi connectivity index (χ4n) is 5.07. The second-order valence-corrected chi connectivity index (χ2v) is 9.43. The van der Waals surface area contributed by atoms with E-state index in [4.69, 9.17) is 9.26 Å². The van der Waals surface area contributed by atoms with Gasteiger partial charge in [0.25, 0.3) is 5.91 Å². The van der Waals surface area contributed by atoms with Gasteiger partial charge in [-0.05, 0) is 64.0 Å². The number of carbonyl (C=O) groups is 2. The summed E-state index contributed by atoms with van der Waals surface area (Å²) < 4.78 is 11.4. The Morgan fingerprint density at radius 2 is 1.79 bits per heavy atom. The molecule has 33 heavy (non-hydrogen) atoms. The van der Waals surface area contributed by atoms with Gasteiger partial charge in [0.1, 0.15) is 0 Å². The Balaban J connectivity index is 1.49. The van der Waals surface area contributed by atoms with Crippen LogP contribution in [0.15, 0.2) is 22.7 Å². The van der Waals surface area contributed by atoms with E-state index >= 15 is 0 Å². The summed E-state index contributed by atoms with van der Waals surface area (Å²) in [5.74, 6) is 0.496. The number of piperidine rings is 1. The van der Waals surface area contributed by atoms with Crippen LogP contribution < -0.4 is 0 Å². The van der Waals surface area contributed by atoms with Gasteiger partial charge in [0.15, 0.2) is 11.5 Å². The molecule has 2 amide bonds. The molecule has 4 rings (SSSR count). The molecule has 2 aromatic rings. The van der Waals surface area contributed by atoms with E-state index in [0.717, 1.165) is 62.1 Å². The first-order valence-electron chi connectivity index (χ1n) is 12.2. The highest BCUT2D eigenvalue weighted by molar-refractivity contribution is 5.93. The van der Waals surface area contributed by atoms with Crippen LogP contribution in [0.25, 0.3) is 11.3 Å². The van der Waals surface area contributed by atoms with Crippen LogP contribution in [0.1, 0.15) is 65.7 Å². The summed E-state index contributed by atoms with van der Waals surface area (Å²) in [5, 5.41) is 4.11. The van der Waals surface area contributed by atoms with Crippen LogP contribution >= 0.6 is 0 Å². The Hall–Kier alpha value is -2.67. The molecular weight excluding hydrogens is 418 g/mol. The molecule has 7 heteroatoms. The monoisotopic (exact) mass is 453 g/mol. The van der Waals surface area contributed by atoms with E-state index < -0.39 is 0 Å². The smallest absolute Gasteiger partial charge is 0.276 e. The molecule has 1 aromatic heterocycles. The van der Waals surface area contributed by atoms with Crippen molar-refractivity contribution < 1.29 is 18.8 Å². The van der Waals surface area contributed by atoms with Crippen LogP contribution in [0.2, 0.25) is 0 Å². The van der Waals surface area contributed by atoms with Gasteiger partial charge >= 0.3 is 0 Å². The van der Waals surface area contributed by atoms with E-state index in [0.29, 0.717) is 25.3 Å². The molecule has 0 radical (unpaired) electrons. The van der Waals surface area contributed by atoms with Gasteiger partial charge in [-0.15, -0.1) is 0 Å². The first kappa shape index (κ1) is 23.5. The minimum absolute atomic E-state index is 0.00648. The lowest BCUT2D eigenvalue weighted by molar-refractivity contribution is -0.132. The molecule has 7 nitrogen and oxygen atoms in total. The van der Waals surface area contributed by atoms with Crippen molar-refractivity contribution in [2.45, 2.75) is 65.4 Å². The molecule has 0 aliphatic carbocycles. The van der Waals surface area contributed by atoms with E-state index in [2.05, 4.69) is 24.2 Å². The number of aromatic nitrogens is 1. The molecule has 0 spiro atoms. The van der Waals surface area contributed by atoms with Crippen molar-refractivity contribution in [3.63, 3.8) is 0 Å². The zero-order valence-corrected chi connectivity index (χ0v) is 20.1. The van der Waals surface area contributed by atoms with Crippen molar-refractivity contribution >= 4 is 11.8 Å². The number of carbonyl (C=O) groups excluding carboxylic acids is 2. The summed E-state index contributed by atoms with van der Waals surface area (Å²) >= 11 is 0. The van der Waals surface area contributed by atoms with Crippen molar-refractivity contribution in [1.82, 2.24) is 15.0 Å². The van der Waals surface area contributed by atoms with Gasteiger partial charge in [-0.2, -0.15) is 0 Å². The van der Waals surface area contributed by atoms with Crippen LogP contribution in [0.4, 0.5) is 0 Å². The van der Waals surface area contributed by atoms with E-state index in [1.807, 2.05) is 18.7 Å². The SMILES string of the molecule is Cc1cc(C)c(-c2cc(C(=O)N(CCC(=O)N3CCCCC3)C[C@H]3CCCO3)no2)c(C)c1. The zero-order valence-electron chi connectivity index (χ0n) is 20.1. The third-order valence-electron chi connectivity index (χ3n) is 6.69. The Morgan fingerprint density at radius 1 is 1.06 bits per heavy atom. The Bertz CT molecular complexity index is 964. The number of rotatable bonds is 7. The first-order chi connectivity index (χ1) is 15.9. The zero-order chi connectivity index (χ0) is 23.4. The van der Waals surface area contributed by atoms with Gasteiger partial charge in [0.05, 0.1) is 6.10 Å². The fourth-order valence-corrected chi connectivity index (χ4v) is 5.07. The number of hydrogen-bond acceptors (Lipinski definition) is 5. The van der Waals surface area contributed by atoms with E-state index in [9.17, 15) is 9.59 Å². The maximum atomic E-state index is 13.4. The molecule has 0 bridgehead atoms. The average molecular weight is 454 g/mol. The van der Waals surface area contributed by atoms with Gasteiger partial charge in [-0.25, -0.2) is 0 Å². The van der Waals surface area contributed by atoms with Crippen molar-refractivity contribution in [2.24, 2.45) is 0 Å². The number of hydrogen-bond donors (Lipinski definition) is 0. The molecule has 2 saturated heterocycles. The van der Waals surface area contributed by atoms with Gasteiger partial charge in [0, 0.05) is 50.8 Å². The third kappa shape index (κ3) is 5.64. The summed E-state index contributed by atoms with van der Waals surface area (Å²) in [5.41, 5.74) is 4.61. The molecule has 2 aliphatic heterocycles. The standard InChI is InChI=1S/C26H35N3O4/c1-18-14-19(2)25(20(3)15-18)23-16-22(27-33-23)26(31)29(17-21-8-7-13-32-21)12-9-24(30)28-10-5-4-6-11-28/h14-16,21H,4-13,17H2,1-3H3/t21-/m1/s1. The van der Waals surface area contributed by atoms with Gasteiger partial charge in [-0.1, -0.05) is 22.9 Å². The summed E-state index contributed by atoms with van der Waals surface area (Å²) in [7, 11) is 0. The van der Waals surface area contributed by atoms with Crippen molar-refractivity contribution in [3.05, 3.63) is 40.6 Å². The normalized spacial score (nSPS) is 18.5. The maximum absolute atomic E-state index is 13.4. The van der Waals surface area contributed by atoms with Crippen molar-refractivity contribution in [1.29, 1.82) is 0 Å². The van der Waals surface area contributed by atoms with Crippen LogP contribution in [0.5, 0.6) is 0 Å². The van der Waals surface area contributed by atoms with Crippen LogP contribution in [-0.4, -0.2) is 65.7 Å². The van der Waals surface area contributed by atoms with Gasteiger partial charge in [0.2, 0.25) is 5.91 Å². The first-order valence-corrected chi connectivity index (χ1v) is 12.2. The second kappa shape index (κ2) is 10.5. The van der Waals surface area contributed by atoms with Gasteiger partial charge < -0.3 is 19.1 Å². The lowest BCUT2D eigenvalue weighted by Crippen LogP contribution is -2.42. The largest absolute Gasteiger partial charge is 0.376 e. The summed E-state index contributed by atoms with van der Waals surface area (Å²) in [4.78, 5) is 29.8. The number of ether oxygens (including phenoxy) is 1. The Labute approximate surface area is 196 Å². The Morgan fingerprint density at radius 3 is 2.45 bits per heavy atom. The second-order valence-electron chi connectivity index (χ2n) is 9.43. The van der Waals surface area contributed by atoms with Crippen LogP contribution in [-0.2, 0) is 9.53 Å². The summed E-state index contributed by atoms with van der Waals surface area (Å²) in [6.07, 6.45) is 5.55. The lowest BCUT2D eigenvalue weighted by atomic mass is 9.98. The molecule has 2 aliphatic rings. The number of aryl methyl sites for hydroxylation is 3. The van der Waals surface area contributed by atoms with Gasteiger partial charge in [-0.3, -0.25) is 9.59 Å². The van der Waals surface area contributed by atoms with Crippen molar-refractivity contribution in [2.75, 3.05) is 32.8 Å². The molecule has 2 fully saturated rings.